The smallest absolute Gasteiger partial charge is 0.164 e. The van der Waals surface area contributed by atoms with Gasteiger partial charge in [0.15, 0.2) is 17.5 Å². The van der Waals surface area contributed by atoms with E-state index in [2.05, 4.69) is 211 Å². The molecule has 10 aromatic carbocycles. The Morgan fingerprint density at radius 3 is 1.41 bits per heavy atom. The van der Waals surface area contributed by atoms with Crippen molar-refractivity contribution in [3.8, 4) is 73.2 Å². The van der Waals surface area contributed by atoms with E-state index in [1.165, 1.54) is 37.9 Å². The van der Waals surface area contributed by atoms with Crippen LogP contribution < -0.4 is 0 Å². The third-order valence-electron chi connectivity index (χ3n) is 12.2. The van der Waals surface area contributed by atoms with Crippen molar-refractivity contribution in [2.45, 2.75) is 0 Å². The molecule has 12 rings (SSSR count). The van der Waals surface area contributed by atoms with Crippen LogP contribution in [-0.4, -0.2) is 19.5 Å². The van der Waals surface area contributed by atoms with Gasteiger partial charge in [0.05, 0.1) is 11.0 Å². The fourth-order valence-electron chi connectivity index (χ4n) is 9.17. The molecule has 0 amide bonds. The van der Waals surface area contributed by atoms with Crippen LogP contribution in [-0.2, 0) is 0 Å². The maximum absolute atomic E-state index is 5.32. The van der Waals surface area contributed by atoms with Crippen molar-refractivity contribution in [2.24, 2.45) is 0 Å². The van der Waals surface area contributed by atoms with Gasteiger partial charge in [-0.15, -0.1) is 0 Å². The van der Waals surface area contributed by atoms with E-state index in [4.69, 9.17) is 15.0 Å². The van der Waals surface area contributed by atoms with Crippen LogP contribution in [0.4, 0.5) is 0 Å². The van der Waals surface area contributed by atoms with Gasteiger partial charge in [-0.25, -0.2) is 15.0 Å². The number of benzene rings is 10. The summed E-state index contributed by atoms with van der Waals surface area (Å²) in [6.45, 7) is 0. The molecule has 4 nitrogen and oxygen atoms in total. The minimum Gasteiger partial charge on any atom is -0.309 e. The lowest BCUT2D eigenvalue weighted by Gasteiger charge is -2.16. The zero-order valence-corrected chi connectivity index (χ0v) is 34.2. The molecular formula is C59H38N4. The van der Waals surface area contributed by atoms with Gasteiger partial charge in [-0.1, -0.05) is 194 Å². The molecule has 0 spiro atoms. The van der Waals surface area contributed by atoms with Crippen molar-refractivity contribution in [3.63, 3.8) is 0 Å². The maximum Gasteiger partial charge on any atom is 0.164 e. The molecule has 0 fully saturated rings. The summed E-state index contributed by atoms with van der Waals surface area (Å²) in [6, 6.07) is 81.9. The first kappa shape index (κ1) is 36.4. The fourth-order valence-corrected chi connectivity index (χ4v) is 9.17. The largest absolute Gasteiger partial charge is 0.309 e. The summed E-state index contributed by atoms with van der Waals surface area (Å²) in [7, 11) is 0. The van der Waals surface area contributed by atoms with Gasteiger partial charge in [0, 0.05) is 33.2 Å². The van der Waals surface area contributed by atoms with Gasteiger partial charge in [0.25, 0.3) is 0 Å². The number of hydrogen-bond donors (Lipinski definition) is 0. The molecule has 0 aliphatic heterocycles. The van der Waals surface area contributed by atoms with Crippen molar-refractivity contribution >= 4 is 43.4 Å². The molecule has 294 valence electrons. The lowest BCUT2D eigenvalue weighted by molar-refractivity contribution is 1.07. The summed E-state index contributed by atoms with van der Waals surface area (Å²) >= 11 is 0. The van der Waals surface area contributed by atoms with E-state index < -0.39 is 0 Å². The number of aromatic nitrogens is 4. The molecule has 0 radical (unpaired) electrons. The number of para-hydroxylation sites is 1. The van der Waals surface area contributed by atoms with Crippen LogP contribution in [0.3, 0.4) is 0 Å². The van der Waals surface area contributed by atoms with Crippen molar-refractivity contribution < 1.29 is 0 Å². The van der Waals surface area contributed by atoms with Gasteiger partial charge < -0.3 is 4.57 Å². The molecule has 2 aromatic heterocycles. The second-order valence-corrected chi connectivity index (χ2v) is 16.0. The Balaban J connectivity index is 1.14. The highest BCUT2D eigenvalue weighted by Crippen LogP contribution is 2.41. The van der Waals surface area contributed by atoms with E-state index in [1.54, 1.807) is 0 Å². The molecule has 0 saturated carbocycles. The third kappa shape index (κ3) is 6.53. The molecule has 0 atom stereocenters. The Morgan fingerprint density at radius 2 is 0.714 bits per heavy atom. The predicted octanol–water partition coefficient (Wildman–Crippen LogP) is 15.3. The number of fused-ring (bicyclic) bond motifs is 6. The van der Waals surface area contributed by atoms with Crippen LogP contribution in [0.5, 0.6) is 0 Å². The highest BCUT2D eigenvalue weighted by atomic mass is 15.0. The van der Waals surface area contributed by atoms with E-state index in [0.717, 1.165) is 61.2 Å². The van der Waals surface area contributed by atoms with Gasteiger partial charge in [0.2, 0.25) is 0 Å². The molecular weight excluding hydrogens is 765 g/mol. The molecule has 0 bridgehead atoms. The summed E-state index contributed by atoms with van der Waals surface area (Å²) in [5, 5.41) is 7.22. The highest BCUT2D eigenvalue weighted by molar-refractivity contribution is 6.14. The van der Waals surface area contributed by atoms with Crippen molar-refractivity contribution in [1.82, 2.24) is 19.5 Å². The molecule has 2 heterocycles. The van der Waals surface area contributed by atoms with E-state index in [9.17, 15) is 0 Å². The minimum absolute atomic E-state index is 0.602. The lowest BCUT2D eigenvalue weighted by atomic mass is 9.92. The second-order valence-electron chi connectivity index (χ2n) is 16.0. The quantitative estimate of drug-likeness (QED) is 0.151. The van der Waals surface area contributed by atoms with E-state index >= 15 is 0 Å². The summed E-state index contributed by atoms with van der Waals surface area (Å²) in [6.07, 6.45) is 0. The van der Waals surface area contributed by atoms with Crippen LogP contribution in [0.25, 0.3) is 117 Å². The normalized spacial score (nSPS) is 11.5. The van der Waals surface area contributed by atoms with E-state index in [-0.39, 0.29) is 0 Å². The summed E-state index contributed by atoms with van der Waals surface area (Å²) in [5.41, 5.74) is 12.9. The van der Waals surface area contributed by atoms with Gasteiger partial charge >= 0.3 is 0 Å². The number of nitrogens with zero attached hydrogens (tertiary/aromatic N) is 4. The van der Waals surface area contributed by atoms with Crippen LogP contribution in [0.1, 0.15) is 0 Å². The maximum atomic E-state index is 5.32. The summed E-state index contributed by atoms with van der Waals surface area (Å²) in [5.74, 6) is 1.84. The zero-order chi connectivity index (χ0) is 41.7. The lowest BCUT2D eigenvalue weighted by Crippen LogP contribution is -2.02. The van der Waals surface area contributed by atoms with Gasteiger partial charge in [0.1, 0.15) is 0 Å². The monoisotopic (exact) mass is 802 g/mol. The third-order valence-corrected chi connectivity index (χ3v) is 12.2. The highest BCUT2D eigenvalue weighted by Gasteiger charge is 2.19. The van der Waals surface area contributed by atoms with E-state index in [1.807, 2.05) is 24.3 Å². The zero-order valence-electron chi connectivity index (χ0n) is 34.2. The SMILES string of the molecule is c1ccc(-c2ccc(-c3nc(-c4ccccc4)nc(-c4cc(-c5cc6ccccc6c6ccccc56)cc(-n5c6ccccc6c6ccc(-c7ccccc7)cc65)c4)n3)cc2)cc1. The molecule has 0 saturated heterocycles. The first-order valence-corrected chi connectivity index (χ1v) is 21.3. The Labute approximate surface area is 365 Å². The number of rotatable bonds is 7. The van der Waals surface area contributed by atoms with Crippen LogP contribution in [0.2, 0.25) is 0 Å². The van der Waals surface area contributed by atoms with E-state index in [0.29, 0.717) is 17.5 Å². The Morgan fingerprint density at radius 1 is 0.254 bits per heavy atom. The first-order valence-electron chi connectivity index (χ1n) is 21.3. The Kier molecular flexibility index (Phi) is 8.79. The molecule has 0 N–H and O–H groups in total. The summed E-state index contributed by atoms with van der Waals surface area (Å²) < 4.78 is 2.41. The first-order chi connectivity index (χ1) is 31.2. The average molecular weight is 803 g/mol. The molecule has 0 aliphatic rings. The minimum atomic E-state index is 0.602. The fraction of sp³-hybridized carbons (Fsp3) is 0. The molecule has 0 unspecified atom stereocenters. The second kappa shape index (κ2) is 15.2. The van der Waals surface area contributed by atoms with Crippen LogP contribution >= 0.6 is 0 Å². The predicted molar refractivity (Wildman–Crippen MR) is 262 cm³/mol. The average Bonchev–Trinajstić information content (AvgIpc) is 3.70. The molecule has 4 heteroatoms. The van der Waals surface area contributed by atoms with Crippen LogP contribution in [0.15, 0.2) is 231 Å². The summed E-state index contributed by atoms with van der Waals surface area (Å²) in [4.78, 5) is 15.7. The Bertz CT molecular complexity index is 3650. The number of hydrogen-bond acceptors (Lipinski definition) is 3. The molecule has 0 aliphatic carbocycles. The molecule has 12 aromatic rings. The van der Waals surface area contributed by atoms with Crippen molar-refractivity contribution in [2.75, 3.05) is 0 Å². The Hall–Kier alpha value is -8.47. The van der Waals surface area contributed by atoms with Crippen molar-refractivity contribution in [3.05, 3.63) is 231 Å². The van der Waals surface area contributed by atoms with Crippen LogP contribution in [0, 0.1) is 0 Å². The van der Waals surface area contributed by atoms with Gasteiger partial charge in [-0.3, -0.25) is 0 Å². The van der Waals surface area contributed by atoms with Gasteiger partial charge in [-0.2, -0.15) is 0 Å². The van der Waals surface area contributed by atoms with Crippen molar-refractivity contribution in [1.29, 1.82) is 0 Å². The topological polar surface area (TPSA) is 43.6 Å². The molecule has 63 heavy (non-hydrogen) atoms. The standard InChI is InChI=1S/C59H38N4/c1-4-16-39(17-5-1)41-28-30-43(31-29-41)58-60-57(42-20-8-3-9-21-42)61-59(62-58)47-34-46(54-37-45-22-10-11-23-49(45)50-24-12-13-25-51(50)54)35-48(36-47)63-55-27-15-14-26-52(55)53-33-32-44(38-56(53)63)40-18-6-2-7-19-40/h1-38H. The van der Waals surface area contributed by atoms with Gasteiger partial charge in [-0.05, 0) is 91.3 Å².